The van der Waals surface area contributed by atoms with Gasteiger partial charge in [0.15, 0.2) is 6.73 Å². The predicted molar refractivity (Wildman–Crippen MR) is 221 cm³/mol. The molecule has 0 bridgehead atoms. The van der Waals surface area contributed by atoms with Gasteiger partial charge < -0.3 is 45.3 Å². The van der Waals surface area contributed by atoms with Crippen LogP contribution in [0.5, 0.6) is 0 Å². The molecule has 1 aliphatic carbocycles. The van der Waals surface area contributed by atoms with Gasteiger partial charge in [0.1, 0.15) is 23.6 Å². The highest BCUT2D eigenvalue weighted by atomic mass is 16.6. The fourth-order valence-corrected chi connectivity index (χ4v) is 8.18. The van der Waals surface area contributed by atoms with Crippen molar-refractivity contribution in [1.29, 1.82) is 0 Å². The van der Waals surface area contributed by atoms with E-state index < -0.39 is 24.3 Å². The number of hydrogen-bond donors (Lipinski definition) is 7. The van der Waals surface area contributed by atoms with E-state index in [-0.39, 0.29) is 23.9 Å². The Hall–Kier alpha value is -4.31. The second-order valence-electron chi connectivity index (χ2n) is 17.2. The van der Waals surface area contributed by atoms with Gasteiger partial charge in [-0.1, -0.05) is 19.9 Å². The Bertz CT molecular complexity index is 2090. The van der Waals surface area contributed by atoms with Gasteiger partial charge in [-0.3, -0.25) is 15.0 Å². The standard InChI is InChI=1S/C43H61N9O5/c1-25(2)39(44)41(54)45-16-8-7-11-37-46-22-31(49-37)28-12-14-30-35-20-29-19-27(13-15-33(29)52(35)24-56-36(30)21-28)32-23-47-40(50-32)34-10-9-17-51(34)38(53)18-26(3)48-42(55)57-43(4,5)6/h13,15,19-23,25-26,34,38-39,42,48,53,55H,7-12,14,16-18,24,44H2,1-6H3,(H,45,54)(H,46,49)(H,47,50). The second kappa shape index (κ2) is 17.3. The number of unbranched alkanes of at least 4 members (excludes halogenated alkanes) is 1. The summed E-state index contributed by atoms with van der Waals surface area (Å²) in [5.41, 5.74) is 13.2. The number of benzene rings is 1. The summed E-state index contributed by atoms with van der Waals surface area (Å²) < 4.78 is 14.2. The van der Waals surface area contributed by atoms with Crippen molar-refractivity contribution in [2.75, 3.05) is 13.1 Å². The Morgan fingerprint density at radius 3 is 2.68 bits per heavy atom. The molecule has 2 aliphatic heterocycles. The van der Waals surface area contributed by atoms with Crippen molar-refractivity contribution in [2.24, 2.45) is 11.7 Å². The first-order valence-corrected chi connectivity index (χ1v) is 20.6. The molecule has 5 heterocycles. The normalized spacial score (nSPS) is 19.6. The van der Waals surface area contributed by atoms with Crippen LogP contribution in [0.4, 0.5) is 0 Å². The molecule has 57 heavy (non-hydrogen) atoms. The van der Waals surface area contributed by atoms with E-state index in [1.165, 1.54) is 16.8 Å². The SMILES string of the molecule is CC(CC(O)N1CCCC1c1ncc(-c2ccc3c(c2)cc2n3COC3=C2CCC(c2cnc(CCCCNC(=O)C(N)C(C)C)[nH]2)=C3)[nH]1)NC(O)OC(C)(C)C. The lowest BCUT2D eigenvalue weighted by molar-refractivity contribution is -0.186. The van der Waals surface area contributed by atoms with Gasteiger partial charge >= 0.3 is 0 Å². The number of nitrogens with zero attached hydrogens (tertiary/aromatic N) is 4. The summed E-state index contributed by atoms with van der Waals surface area (Å²) in [6.45, 7) is 13.3. The van der Waals surface area contributed by atoms with Crippen LogP contribution in [-0.4, -0.2) is 88.9 Å². The number of hydrogen-bond acceptors (Lipinski definition) is 10. The molecule has 0 spiro atoms. The Kier molecular flexibility index (Phi) is 12.4. The molecule has 3 aliphatic rings. The summed E-state index contributed by atoms with van der Waals surface area (Å²) in [6, 6.07) is 8.11. The van der Waals surface area contributed by atoms with Crippen molar-refractivity contribution < 1.29 is 24.5 Å². The molecule has 14 nitrogen and oxygen atoms in total. The summed E-state index contributed by atoms with van der Waals surface area (Å²) in [7, 11) is 0. The van der Waals surface area contributed by atoms with E-state index in [0.717, 1.165) is 96.8 Å². The number of carbonyl (C=O) groups excluding carboxylic acids is 1. The van der Waals surface area contributed by atoms with Gasteiger partial charge in [-0.25, -0.2) is 9.97 Å². The van der Waals surface area contributed by atoms with Gasteiger partial charge in [-0.05, 0) is 102 Å². The molecule has 1 amide bonds. The number of imidazole rings is 2. The maximum atomic E-state index is 12.1. The van der Waals surface area contributed by atoms with Crippen molar-refractivity contribution in [3.05, 3.63) is 71.5 Å². The lowest BCUT2D eigenvalue weighted by Crippen LogP contribution is -2.46. The Morgan fingerprint density at radius 1 is 1.09 bits per heavy atom. The van der Waals surface area contributed by atoms with Crippen LogP contribution in [-0.2, 0) is 27.4 Å². The number of aromatic amines is 2. The fourth-order valence-electron chi connectivity index (χ4n) is 8.18. The smallest absolute Gasteiger partial charge is 0.237 e. The van der Waals surface area contributed by atoms with Crippen LogP contribution in [0.3, 0.4) is 0 Å². The van der Waals surface area contributed by atoms with E-state index in [1.54, 1.807) is 0 Å². The highest BCUT2D eigenvalue weighted by molar-refractivity contribution is 5.91. The van der Waals surface area contributed by atoms with E-state index in [9.17, 15) is 15.0 Å². The van der Waals surface area contributed by atoms with Gasteiger partial charge in [-0.2, -0.15) is 0 Å². The number of aliphatic hydroxyl groups is 2. The van der Waals surface area contributed by atoms with Crippen LogP contribution >= 0.6 is 0 Å². The number of ether oxygens (including phenoxy) is 2. The summed E-state index contributed by atoms with van der Waals surface area (Å²) >= 11 is 0. The molecule has 1 saturated heterocycles. The van der Waals surface area contributed by atoms with Crippen molar-refractivity contribution in [2.45, 2.75) is 136 Å². The molecule has 0 saturated carbocycles. The second-order valence-corrected chi connectivity index (χ2v) is 17.2. The first-order chi connectivity index (χ1) is 27.2. The van der Waals surface area contributed by atoms with Crippen molar-refractivity contribution >= 4 is 28.0 Å². The van der Waals surface area contributed by atoms with Gasteiger partial charge in [0.25, 0.3) is 0 Å². The number of rotatable bonds is 16. The molecule has 1 fully saturated rings. The van der Waals surface area contributed by atoms with Gasteiger partial charge in [0, 0.05) is 48.5 Å². The zero-order chi connectivity index (χ0) is 40.4. The van der Waals surface area contributed by atoms with Crippen molar-refractivity contribution in [3.63, 3.8) is 0 Å². The highest BCUT2D eigenvalue weighted by Gasteiger charge is 2.34. The van der Waals surface area contributed by atoms with Crippen LogP contribution < -0.4 is 16.4 Å². The van der Waals surface area contributed by atoms with E-state index in [1.807, 2.05) is 53.9 Å². The summed E-state index contributed by atoms with van der Waals surface area (Å²) in [5.74, 6) is 2.74. The van der Waals surface area contributed by atoms with Crippen LogP contribution in [0, 0.1) is 5.92 Å². The molecule has 4 aromatic rings. The number of carbonyl (C=O) groups is 1. The zero-order valence-corrected chi connectivity index (χ0v) is 34.3. The van der Waals surface area contributed by atoms with E-state index in [2.05, 4.69) is 65.4 Å². The first kappa shape index (κ1) is 40.9. The molecule has 8 N–H and O–H groups in total. The van der Waals surface area contributed by atoms with Crippen LogP contribution in [0.25, 0.3) is 33.3 Å². The average molecular weight is 784 g/mol. The van der Waals surface area contributed by atoms with Gasteiger partial charge in [0.2, 0.25) is 12.3 Å². The number of aliphatic hydroxyl groups excluding tert-OH is 2. The quantitative estimate of drug-likeness (QED) is 0.0551. The number of likely N-dealkylation sites (tertiary alicyclic amines) is 1. The predicted octanol–water partition coefficient (Wildman–Crippen LogP) is 5.67. The Balaban J connectivity index is 0.977. The van der Waals surface area contributed by atoms with Crippen LogP contribution in [0.15, 0.2) is 48.5 Å². The van der Waals surface area contributed by atoms with E-state index in [4.69, 9.17) is 20.2 Å². The molecule has 308 valence electrons. The number of aromatic nitrogens is 5. The molecule has 5 unspecified atom stereocenters. The van der Waals surface area contributed by atoms with E-state index >= 15 is 0 Å². The average Bonchev–Trinajstić information content (AvgIpc) is 3.98. The summed E-state index contributed by atoms with van der Waals surface area (Å²) in [6.07, 6.45) is 10.8. The molecule has 1 aromatic carbocycles. The molecule has 7 rings (SSSR count). The zero-order valence-electron chi connectivity index (χ0n) is 34.3. The van der Waals surface area contributed by atoms with E-state index in [0.29, 0.717) is 19.7 Å². The number of amides is 1. The molecule has 5 atom stereocenters. The number of aryl methyl sites for hydroxylation is 1. The highest BCUT2D eigenvalue weighted by Crippen LogP contribution is 2.41. The summed E-state index contributed by atoms with van der Waals surface area (Å²) in [5, 5.41) is 28.6. The van der Waals surface area contributed by atoms with Crippen molar-refractivity contribution in [1.82, 2.24) is 40.0 Å². The molecule has 0 radical (unpaired) electrons. The van der Waals surface area contributed by atoms with Gasteiger partial charge in [-0.15, -0.1) is 0 Å². The van der Waals surface area contributed by atoms with Crippen LogP contribution in [0.1, 0.15) is 116 Å². The number of H-pyrrole nitrogens is 2. The Morgan fingerprint density at radius 2 is 1.89 bits per heavy atom. The van der Waals surface area contributed by atoms with Gasteiger partial charge in [0.05, 0.1) is 52.7 Å². The number of allylic oxidation sites excluding steroid dienone is 3. The summed E-state index contributed by atoms with van der Waals surface area (Å²) in [4.78, 5) is 30.7. The minimum atomic E-state index is -1.11. The first-order valence-electron chi connectivity index (χ1n) is 20.6. The maximum absolute atomic E-state index is 12.1. The molecular formula is C43H61N9O5. The third-order valence-corrected chi connectivity index (χ3v) is 11.3. The molecule has 14 heteroatoms. The number of nitrogens with two attached hydrogens (primary N) is 1. The third kappa shape index (κ3) is 9.54. The fraction of sp³-hybridized carbons (Fsp3) is 0.558. The van der Waals surface area contributed by atoms with Crippen LogP contribution in [0.2, 0.25) is 0 Å². The topological polar surface area (TPSA) is 192 Å². The number of nitrogens with one attached hydrogen (secondary N) is 4. The minimum Gasteiger partial charge on any atom is -0.472 e. The lowest BCUT2D eigenvalue weighted by atomic mass is 9.93. The number of fused-ring (bicyclic) bond motifs is 4. The molecule has 3 aromatic heterocycles. The largest absolute Gasteiger partial charge is 0.472 e. The third-order valence-electron chi connectivity index (χ3n) is 11.3. The van der Waals surface area contributed by atoms with Crippen molar-refractivity contribution in [3.8, 4) is 11.3 Å². The monoisotopic (exact) mass is 783 g/mol. The maximum Gasteiger partial charge on any atom is 0.237 e. The lowest BCUT2D eigenvalue weighted by Gasteiger charge is -2.32. The Labute approximate surface area is 335 Å². The minimum absolute atomic E-state index is 0.0254. The molecular weight excluding hydrogens is 723 g/mol.